The first-order chi connectivity index (χ1) is 10.1. The number of hydrogen-bond acceptors (Lipinski definition) is 1. The van der Waals surface area contributed by atoms with Gasteiger partial charge in [0, 0.05) is 22.8 Å². The molecule has 0 spiro atoms. The third kappa shape index (κ3) is 2.48. The van der Waals surface area contributed by atoms with E-state index in [1.165, 1.54) is 0 Å². The third-order valence-electron chi connectivity index (χ3n) is 3.08. The Bertz CT molecular complexity index is 845. The predicted octanol–water partition coefficient (Wildman–Crippen LogP) is 4.35. The van der Waals surface area contributed by atoms with Crippen LogP contribution in [0.2, 0.25) is 5.02 Å². The molecule has 1 heterocycles. The lowest BCUT2D eigenvalue weighted by Gasteiger charge is -2.08. The maximum Gasteiger partial charge on any atom is 0.261 e. The van der Waals surface area contributed by atoms with E-state index in [-0.39, 0.29) is 5.02 Å². The summed E-state index contributed by atoms with van der Waals surface area (Å²) in [6, 6.07) is 8.94. The van der Waals surface area contributed by atoms with Crippen LogP contribution >= 0.6 is 11.6 Å². The topological polar surface area (TPSA) is 44.9 Å². The SMILES string of the molecule is O=C(Nc1ccc2[nH]ccc2c1)c1c(F)ccc(Cl)c1F. The van der Waals surface area contributed by atoms with E-state index in [4.69, 9.17) is 11.6 Å². The summed E-state index contributed by atoms with van der Waals surface area (Å²) < 4.78 is 27.4. The van der Waals surface area contributed by atoms with Crippen molar-refractivity contribution >= 4 is 34.1 Å². The Morgan fingerprint density at radius 2 is 1.95 bits per heavy atom. The Kier molecular flexibility index (Phi) is 3.35. The van der Waals surface area contributed by atoms with Gasteiger partial charge in [-0.05, 0) is 36.4 Å². The second-order valence-corrected chi connectivity index (χ2v) is 4.86. The first-order valence-electron chi connectivity index (χ1n) is 6.08. The summed E-state index contributed by atoms with van der Waals surface area (Å²) in [6.07, 6.45) is 1.76. The smallest absolute Gasteiger partial charge is 0.261 e. The number of H-pyrrole nitrogens is 1. The molecular weight excluding hydrogens is 298 g/mol. The van der Waals surface area contributed by atoms with Gasteiger partial charge in [-0.15, -0.1) is 0 Å². The number of carbonyl (C=O) groups excluding carboxylic acids is 1. The van der Waals surface area contributed by atoms with E-state index in [9.17, 15) is 13.6 Å². The molecule has 0 bridgehead atoms. The molecule has 0 aliphatic carbocycles. The molecule has 106 valence electrons. The molecule has 0 saturated heterocycles. The van der Waals surface area contributed by atoms with Gasteiger partial charge in [0.15, 0.2) is 5.82 Å². The summed E-state index contributed by atoms with van der Waals surface area (Å²) in [5.74, 6) is -2.92. The molecule has 0 saturated carbocycles. The highest BCUT2D eigenvalue weighted by molar-refractivity contribution is 6.31. The number of aromatic nitrogens is 1. The van der Waals surface area contributed by atoms with Gasteiger partial charge in [0.05, 0.1) is 5.02 Å². The summed E-state index contributed by atoms with van der Waals surface area (Å²) >= 11 is 5.57. The van der Waals surface area contributed by atoms with Crippen LogP contribution in [0.1, 0.15) is 10.4 Å². The van der Waals surface area contributed by atoms with Crippen LogP contribution in [0, 0.1) is 11.6 Å². The number of nitrogens with one attached hydrogen (secondary N) is 2. The molecular formula is C15H9ClF2N2O. The zero-order valence-corrected chi connectivity index (χ0v) is 11.3. The summed E-state index contributed by atoms with van der Waals surface area (Å²) in [7, 11) is 0. The van der Waals surface area contributed by atoms with Crippen LogP contribution in [0.25, 0.3) is 10.9 Å². The number of amides is 1. The first-order valence-corrected chi connectivity index (χ1v) is 6.46. The van der Waals surface area contributed by atoms with Gasteiger partial charge >= 0.3 is 0 Å². The Labute approximate surface area is 123 Å². The van der Waals surface area contributed by atoms with E-state index in [2.05, 4.69) is 10.3 Å². The Hall–Kier alpha value is -2.40. The molecule has 0 unspecified atom stereocenters. The molecule has 0 radical (unpaired) electrons. The maximum atomic E-state index is 13.8. The number of carbonyl (C=O) groups is 1. The fraction of sp³-hybridized carbons (Fsp3) is 0. The quantitative estimate of drug-likeness (QED) is 0.679. The van der Waals surface area contributed by atoms with Gasteiger partial charge in [0.2, 0.25) is 0 Å². The summed E-state index contributed by atoms with van der Waals surface area (Å²) in [6.45, 7) is 0. The van der Waals surface area contributed by atoms with Gasteiger partial charge < -0.3 is 10.3 Å². The minimum atomic E-state index is -1.07. The van der Waals surface area contributed by atoms with Crippen LogP contribution < -0.4 is 5.32 Å². The normalized spacial score (nSPS) is 10.8. The molecule has 0 fully saturated rings. The molecule has 21 heavy (non-hydrogen) atoms. The van der Waals surface area contributed by atoms with Gasteiger partial charge in [-0.2, -0.15) is 0 Å². The average molecular weight is 307 g/mol. The minimum Gasteiger partial charge on any atom is -0.361 e. The molecule has 3 rings (SSSR count). The maximum absolute atomic E-state index is 13.8. The lowest BCUT2D eigenvalue weighted by molar-refractivity contribution is 0.101. The zero-order chi connectivity index (χ0) is 15.0. The van der Waals surface area contributed by atoms with Crippen molar-refractivity contribution in [3.05, 3.63) is 64.8 Å². The highest BCUT2D eigenvalue weighted by Gasteiger charge is 2.20. The molecule has 1 amide bonds. The molecule has 6 heteroatoms. The lowest BCUT2D eigenvalue weighted by Crippen LogP contribution is -2.16. The van der Waals surface area contributed by atoms with E-state index in [1.807, 2.05) is 6.07 Å². The molecule has 3 nitrogen and oxygen atoms in total. The molecule has 2 N–H and O–H groups in total. The number of hydrogen-bond donors (Lipinski definition) is 2. The molecule has 0 atom stereocenters. The van der Waals surface area contributed by atoms with Crippen molar-refractivity contribution in [3.8, 4) is 0 Å². The number of benzene rings is 2. The first kappa shape index (κ1) is 13.6. The minimum absolute atomic E-state index is 0.303. The second kappa shape index (κ2) is 5.18. The third-order valence-corrected chi connectivity index (χ3v) is 3.37. The lowest BCUT2D eigenvalue weighted by atomic mass is 10.1. The van der Waals surface area contributed by atoms with Crippen molar-refractivity contribution in [1.82, 2.24) is 4.98 Å². The number of rotatable bonds is 2. The van der Waals surface area contributed by atoms with Gasteiger partial charge in [-0.1, -0.05) is 11.6 Å². The number of fused-ring (bicyclic) bond motifs is 1. The summed E-state index contributed by atoms with van der Waals surface area (Å²) in [5, 5.41) is 3.03. The highest BCUT2D eigenvalue weighted by Crippen LogP contribution is 2.23. The van der Waals surface area contributed by atoms with Gasteiger partial charge in [-0.25, -0.2) is 8.78 Å². The van der Waals surface area contributed by atoms with Crippen LogP contribution in [0.15, 0.2) is 42.6 Å². The molecule has 1 aromatic heterocycles. The number of aromatic amines is 1. The zero-order valence-electron chi connectivity index (χ0n) is 10.6. The molecule has 3 aromatic rings. The fourth-order valence-electron chi connectivity index (χ4n) is 2.06. The fourth-order valence-corrected chi connectivity index (χ4v) is 2.22. The Morgan fingerprint density at radius 1 is 1.14 bits per heavy atom. The van der Waals surface area contributed by atoms with Crippen LogP contribution in [-0.2, 0) is 0 Å². The molecule has 2 aromatic carbocycles. The van der Waals surface area contributed by atoms with E-state index in [1.54, 1.807) is 24.4 Å². The van der Waals surface area contributed by atoms with Crippen molar-refractivity contribution in [2.75, 3.05) is 5.32 Å². The van der Waals surface area contributed by atoms with E-state index >= 15 is 0 Å². The van der Waals surface area contributed by atoms with Crippen molar-refractivity contribution in [1.29, 1.82) is 0 Å². The van der Waals surface area contributed by atoms with Crippen molar-refractivity contribution < 1.29 is 13.6 Å². The van der Waals surface area contributed by atoms with Gasteiger partial charge in [0.25, 0.3) is 5.91 Å². The Balaban J connectivity index is 1.94. The summed E-state index contributed by atoms with van der Waals surface area (Å²) in [4.78, 5) is 15.0. The van der Waals surface area contributed by atoms with Crippen LogP contribution in [0.3, 0.4) is 0 Å². The molecule has 0 aliphatic heterocycles. The van der Waals surface area contributed by atoms with E-state index in [0.29, 0.717) is 5.69 Å². The Morgan fingerprint density at radius 3 is 2.76 bits per heavy atom. The average Bonchev–Trinajstić information content (AvgIpc) is 2.91. The second-order valence-electron chi connectivity index (χ2n) is 4.45. The van der Waals surface area contributed by atoms with Gasteiger partial charge in [0.1, 0.15) is 11.4 Å². The standard InChI is InChI=1S/C15H9ClF2N2O/c16-10-2-3-11(17)13(14(10)18)15(21)20-9-1-4-12-8(7-9)5-6-19-12/h1-7,19H,(H,20,21). The van der Waals surface area contributed by atoms with Crippen LogP contribution in [0.5, 0.6) is 0 Å². The largest absolute Gasteiger partial charge is 0.361 e. The summed E-state index contributed by atoms with van der Waals surface area (Å²) in [5.41, 5.74) is 0.635. The monoisotopic (exact) mass is 306 g/mol. The van der Waals surface area contributed by atoms with Gasteiger partial charge in [-0.3, -0.25) is 4.79 Å². The van der Waals surface area contributed by atoms with Crippen molar-refractivity contribution in [2.45, 2.75) is 0 Å². The van der Waals surface area contributed by atoms with E-state index < -0.39 is 23.1 Å². The number of anilines is 1. The van der Waals surface area contributed by atoms with Crippen LogP contribution in [-0.4, -0.2) is 10.9 Å². The predicted molar refractivity (Wildman–Crippen MR) is 77.6 cm³/mol. The van der Waals surface area contributed by atoms with E-state index in [0.717, 1.165) is 23.0 Å². The van der Waals surface area contributed by atoms with Crippen molar-refractivity contribution in [2.24, 2.45) is 0 Å². The number of halogens is 3. The van der Waals surface area contributed by atoms with Crippen LogP contribution in [0.4, 0.5) is 14.5 Å². The highest BCUT2D eigenvalue weighted by atomic mass is 35.5. The molecule has 0 aliphatic rings. The van der Waals surface area contributed by atoms with Crippen molar-refractivity contribution in [3.63, 3.8) is 0 Å².